The molecule has 0 amide bonds. The number of methoxy groups -OCH3 is 2. The van der Waals surface area contributed by atoms with Crippen LogP contribution in [0, 0.1) is 20.2 Å². The third-order valence-electron chi connectivity index (χ3n) is 2.71. The molecule has 0 unspecified atom stereocenters. The monoisotopic (exact) mass is 349 g/mol. The van der Waals surface area contributed by atoms with Crippen LogP contribution in [0.1, 0.15) is 16.5 Å². The molecule has 24 heavy (non-hydrogen) atoms. The number of nitro benzene ring substituents is 2. The van der Waals surface area contributed by atoms with Crippen molar-refractivity contribution >= 4 is 17.5 Å². The van der Waals surface area contributed by atoms with Gasteiger partial charge in [0.1, 0.15) is 5.56 Å². The molecule has 11 heteroatoms. The Hall–Kier alpha value is -3.24. The van der Waals surface area contributed by atoms with E-state index in [4.69, 9.17) is 13.6 Å². The lowest BCUT2D eigenvalue weighted by Gasteiger charge is -2.15. The molecule has 0 N–H and O–H groups in total. The first-order valence-electron chi connectivity index (χ1n) is 7.39. The first kappa shape index (κ1) is 14.4. The van der Waals surface area contributed by atoms with Gasteiger partial charge in [-0.25, -0.2) is 0 Å². The highest BCUT2D eigenvalue weighted by Crippen LogP contribution is 2.53. The van der Waals surface area contributed by atoms with Crippen LogP contribution in [0.4, 0.5) is 20.2 Å². The molecule has 0 atom stereocenters. The number of hydrogen-bond acceptors (Lipinski definition) is 7. The molecule has 130 valence electrons. The van der Waals surface area contributed by atoms with E-state index in [-0.39, 0.29) is 0 Å². The largest absolute Gasteiger partial charge is 0.487 e. The standard InChI is InChI=1S/C13H12F2N2O7/c1-5-7-8(16(18)19)10(22-3)12(24-6(2)13(14)15)11(23-4)9(7)17(20)21/h5H,1H2,2-4H3/i2D3. The molecule has 0 fully saturated rings. The lowest BCUT2D eigenvalue weighted by atomic mass is 10.1. The minimum Gasteiger partial charge on any atom is -0.487 e. The normalized spacial score (nSPS) is 12.2. The average Bonchev–Trinajstić information content (AvgIpc) is 2.55. The van der Waals surface area contributed by atoms with Gasteiger partial charge in [-0.3, -0.25) is 20.2 Å². The van der Waals surface area contributed by atoms with Gasteiger partial charge in [0.25, 0.3) is 0 Å². The highest BCUT2D eigenvalue weighted by Gasteiger charge is 2.39. The third-order valence-corrected chi connectivity index (χ3v) is 2.71. The number of hydrogen-bond donors (Lipinski definition) is 0. The number of halogens is 2. The molecule has 0 bridgehead atoms. The topological polar surface area (TPSA) is 114 Å². The van der Waals surface area contributed by atoms with Crippen molar-refractivity contribution in [3.05, 3.63) is 44.2 Å². The van der Waals surface area contributed by atoms with E-state index in [1.807, 2.05) is 0 Å². The zero-order valence-corrected chi connectivity index (χ0v) is 12.3. The molecule has 0 aromatic heterocycles. The quantitative estimate of drug-likeness (QED) is 0.419. The second-order valence-electron chi connectivity index (χ2n) is 3.92. The second-order valence-corrected chi connectivity index (χ2v) is 3.92. The Morgan fingerprint density at radius 3 is 1.83 bits per heavy atom. The van der Waals surface area contributed by atoms with Crippen molar-refractivity contribution in [1.29, 1.82) is 0 Å². The predicted octanol–water partition coefficient (Wildman–Crippen LogP) is 3.67. The molecular formula is C13H12F2N2O7. The fourth-order valence-electron chi connectivity index (χ4n) is 1.84. The third kappa shape index (κ3) is 3.24. The van der Waals surface area contributed by atoms with Gasteiger partial charge in [-0.1, -0.05) is 6.58 Å². The smallest absolute Gasteiger partial charge is 0.329 e. The van der Waals surface area contributed by atoms with Gasteiger partial charge < -0.3 is 14.2 Å². The summed E-state index contributed by atoms with van der Waals surface area (Å²) < 4.78 is 61.5. The van der Waals surface area contributed by atoms with Gasteiger partial charge in [-0.15, -0.1) is 0 Å². The van der Waals surface area contributed by atoms with Crippen LogP contribution in [-0.2, 0) is 0 Å². The molecular weight excluding hydrogens is 334 g/mol. The second kappa shape index (κ2) is 7.35. The highest BCUT2D eigenvalue weighted by atomic mass is 19.3. The summed E-state index contributed by atoms with van der Waals surface area (Å²) in [6.45, 7) is -0.231. The van der Waals surface area contributed by atoms with E-state index >= 15 is 0 Å². The maximum atomic E-state index is 13.0. The van der Waals surface area contributed by atoms with E-state index in [2.05, 4.69) is 11.3 Å². The van der Waals surface area contributed by atoms with Crippen molar-refractivity contribution in [3.8, 4) is 17.2 Å². The maximum Gasteiger partial charge on any atom is 0.329 e. The molecule has 0 aliphatic heterocycles. The van der Waals surface area contributed by atoms with Crippen molar-refractivity contribution in [2.45, 2.75) is 6.85 Å². The molecule has 9 nitrogen and oxygen atoms in total. The summed E-state index contributed by atoms with van der Waals surface area (Å²) in [6, 6.07) is 0. The lowest BCUT2D eigenvalue weighted by Crippen LogP contribution is -2.07. The van der Waals surface area contributed by atoms with Crippen molar-refractivity contribution in [2.24, 2.45) is 0 Å². The Kier molecular flexibility index (Phi) is 4.40. The Morgan fingerprint density at radius 1 is 1.12 bits per heavy atom. The summed E-state index contributed by atoms with van der Waals surface area (Å²) in [5, 5.41) is 22.8. The Labute approximate surface area is 138 Å². The zero-order valence-electron chi connectivity index (χ0n) is 15.3. The highest BCUT2D eigenvalue weighted by molar-refractivity contribution is 5.83. The van der Waals surface area contributed by atoms with Crippen LogP contribution >= 0.6 is 0 Å². The first-order valence-corrected chi connectivity index (χ1v) is 5.89. The summed E-state index contributed by atoms with van der Waals surface area (Å²) in [6.07, 6.45) is -2.00. The summed E-state index contributed by atoms with van der Waals surface area (Å²) in [7, 11) is 1.77. The molecule has 1 aromatic carbocycles. The van der Waals surface area contributed by atoms with Crippen LogP contribution in [0.15, 0.2) is 18.4 Å². The minimum atomic E-state index is -3.48. The van der Waals surface area contributed by atoms with E-state index in [1.54, 1.807) is 0 Å². The molecule has 0 heterocycles. The molecule has 1 aromatic rings. The van der Waals surface area contributed by atoms with Crippen LogP contribution in [0.3, 0.4) is 0 Å². The van der Waals surface area contributed by atoms with Gasteiger partial charge in [-0.05, 0) is 12.9 Å². The molecule has 1 rings (SSSR count). The van der Waals surface area contributed by atoms with Gasteiger partial charge >= 0.3 is 17.5 Å². The Bertz CT molecular complexity index is 793. The SMILES string of the molecule is [2H]C([2H])([2H])C(Oc1c(OC)c([N+](=O)[O-])c(C=C)c([N+](=O)[O-])c1OC)=C(F)F. The Balaban J connectivity index is 4.09. The molecule has 0 aliphatic carbocycles. The number of nitrogens with zero attached hydrogens (tertiary/aromatic N) is 2. The summed E-state index contributed by atoms with van der Waals surface area (Å²) >= 11 is 0. The van der Waals surface area contributed by atoms with E-state index < -0.39 is 62.7 Å². The van der Waals surface area contributed by atoms with E-state index in [9.17, 15) is 29.0 Å². The minimum absolute atomic E-state index is 0.647. The van der Waals surface area contributed by atoms with Crippen molar-refractivity contribution in [1.82, 2.24) is 0 Å². The summed E-state index contributed by atoms with van der Waals surface area (Å²) in [4.78, 5) is 20.6. The van der Waals surface area contributed by atoms with Crippen LogP contribution in [0.25, 0.3) is 6.08 Å². The lowest BCUT2D eigenvalue weighted by molar-refractivity contribution is -0.395. The van der Waals surface area contributed by atoms with Gasteiger partial charge in [0.15, 0.2) is 5.76 Å². The van der Waals surface area contributed by atoms with Crippen molar-refractivity contribution in [2.75, 3.05) is 14.2 Å². The summed E-state index contributed by atoms with van der Waals surface area (Å²) in [5.74, 6) is -4.64. The summed E-state index contributed by atoms with van der Waals surface area (Å²) in [5.41, 5.74) is -2.73. The average molecular weight is 349 g/mol. The van der Waals surface area contributed by atoms with Crippen LogP contribution in [0.5, 0.6) is 17.2 Å². The van der Waals surface area contributed by atoms with Gasteiger partial charge in [0.2, 0.25) is 17.2 Å². The maximum absolute atomic E-state index is 13.0. The van der Waals surface area contributed by atoms with Gasteiger partial charge in [0, 0.05) is 4.11 Å². The van der Waals surface area contributed by atoms with Crippen molar-refractivity contribution in [3.63, 3.8) is 0 Å². The number of benzene rings is 1. The molecule has 0 spiro atoms. The van der Waals surface area contributed by atoms with Gasteiger partial charge in [-0.2, -0.15) is 8.78 Å². The molecule has 0 radical (unpaired) electrons. The zero-order chi connectivity index (χ0) is 21.1. The molecule has 0 saturated carbocycles. The number of rotatable bonds is 7. The number of nitro groups is 2. The van der Waals surface area contributed by atoms with Crippen LogP contribution in [-0.4, -0.2) is 24.1 Å². The van der Waals surface area contributed by atoms with Crippen LogP contribution < -0.4 is 14.2 Å². The molecule has 0 saturated heterocycles. The van der Waals surface area contributed by atoms with Crippen molar-refractivity contribution < 1.29 is 37.0 Å². The first-order chi connectivity index (χ1) is 12.4. The van der Waals surface area contributed by atoms with E-state index in [0.717, 1.165) is 20.3 Å². The van der Waals surface area contributed by atoms with Crippen LogP contribution in [0.2, 0.25) is 0 Å². The van der Waals surface area contributed by atoms with E-state index in [1.165, 1.54) is 0 Å². The van der Waals surface area contributed by atoms with E-state index in [0.29, 0.717) is 0 Å². The fraction of sp³-hybridized carbons (Fsp3) is 0.231. The fourth-order valence-corrected chi connectivity index (χ4v) is 1.84. The van der Waals surface area contributed by atoms with Gasteiger partial charge in [0.05, 0.1) is 24.1 Å². The molecule has 0 aliphatic rings. The predicted molar refractivity (Wildman–Crippen MR) is 78.5 cm³/mol. The number of allylic oxidation sites excluding steroid dienone is 1. The number of ether oxygens (including phenoxy) is 3. The Morgan fingerprint density at radius 2 is 1.58 bits per heavy atom.